The van der Waals surface area contributed by atoms with Crippen molar-refractivity contribution in [3.8, 4) is 11.3 Å². The van der Waals surface area contributed by atoms with Crippen molar-refractivity contribution in [1.82, 2.24) is 9.55 Å². The topological polar surface area (TPSA) is 60.1 Å². The third kappa shape index (κ3) is 3.46. The van der Waals surface area contributed by atoms with Gasteiger partial charge >= 0.3 is 0 Å². The van der Waals surface area contributed by atoms with E-state index in [-0.39, 0.29) is 11.7 Å². The zero-order chi connectivity index (χ0) is 20.5. The van der Waals surface area contributed by atoms with Crippen molar-refractivity contribution in [1.29, 1.82) is 0 Å². The number of carbonyl (C=O) groups excluding carboxylic acids is 1. The van der Waals surface area contributed by atoms with Crippen molar-refractivity contribution < 1.29 is 9.21 Å². The summed E-state index contributed by atoms with van der Waals surface area (Å²) in [5.74, 6) is 0.191. The average Bonchev–Trinajstić information content (AvgIpc) is 3.32. The predicted octanol–water partition coefficient (Wildman–Crippen LogP) is 5.72. The van der Waals surface area contributed by atoms with Crippen LogP contribution < -0.4 is 5.32 Å². The number of furan rings is 1. The van der Waals surface area contributed by atoms with Crippen LogP contribution in [0.4, 0.5) is 5.69 Å². The predicted molar refractivity (Wildman–Crippen MR) is 122 cm³/mol. The van der Waals surface area contributed by atoms with E-state index in [1.54, 1.807) is 0 Å². The molecule has 5 nitrogen and oxygen atoms in total. The summed E-state index contributed by atoms with van der Waals surface area (Å²) >= 11 is 1.41. The number of amides is 1. The number of carbonyl (C=O) groups is 1. The summed E-state index contributed by atoms with van der Waals surface area (Å²) in [7, 11) is 1.96. The second kappa shape index (κ2) is 7.72. The van der Waals surface area contributed by atoms with Gasteiger partial charge in [0.15, 0.2) is 5.16 Å². The van der Waals surface area contributed by atoms with Crippen LogP contribution in [0.1, 0.15) is 0 Å². The van der Waals surface area contributed by atoms with Crippen molar-refractivity contribution in [2.75, 3.05) is 11.1 Å². The normalized spacial score (nSPS) is 11.2. The van der Waals surface area contributed by atoms with Crippen LogP contribution in [0.3, 0.4) is 0 Å². The highest BCUT2D eigenvalue weighted by atomic mass is 32.2. The number of imidazole rings is 1. The fourth-order valence-electron chi connectivity index (χ4n) is 3.53. The molecule has 5 aromatic rings. The molecule has 3 aromatic carbocycles. The van der Waals surface area contributed by atoms with Gasteiger partial charge < -0.3 is 14.3 Å². The zero-order valence-electron chi connectivity index (χ0n) is 16.3. The van der Waals surface area contributed by atoms with Gasteiger partial charge in [-0.25, -0.2) is 4.98 Å². The first kappa shape index (κ1) is 18.5. The number of thioether (sulfide) groups is 1. The van der Waals surface area contributed by atoms with E-state index in [0.29, 0.717) is 0 Å². The highest BCUT2D eigenvalue weighted by molar-refractivity contribution is 7.99. The lowest BCUT2D eigenvalue weighted by atomic mass is 10.1. The second-order valence-electron chi connectivity index (χ2n) is 7.00. The number of fused-ring (bicyclic) bond motifs is 3. The summed E-state index contributed by atoms with van der Waals surface area (Å²) in [6.45, 7) is 0. The van der Waals surface area contributed by atoms with Gasteiger partial charge in [0.2, 0.25) is 5.91 Å². The first-order valence-corrected chi connectivity index (χ1v) is 10.6. The van der Waals surface area contributed by atoms with Gasteiger partial charge in [0.1, 0.15) is 11.2 Å². The Labute approximate surface area is 177 Å². The van der Waals surface area contributed by atoms with Gasteiger partial charge in [-0.05, 0) is 23.8 Å². The number of rotatable bonds is 5. The Morgan fingerprint density at radius 3 is 2.63 bits per heavy atom. The lowest BCUT2D eigenvalue weighted by Crippen LogP contribution is -2.14. The fraction of sp³-hybridized carbons (Fsp3) is 0.0833. The van der Waals surface area contributed by atoms with Crippen LogP contribution in [0.15, 0.2) is 88.6 Å². The van der Waals surface area contributed by atoms with E-state index in [1.165, 1.54) is 11.8 Å². The highest BCUT2D eigenvalue weighted by Crippen LogP contribution is 2.30. The van der Waals surface area contributed by atoms with Gasteiger partial charge in [-0.3, -0.25) is 4.79 Å². The molecule has 0 spiro atoms. The molecule has 0 atom stereocenters. The SMILES string of the molecule is Cn1c(-c2ccccc2)cnc1SCC(=O)Nc1ccc2c(c1)oc1ccccc12. The number of anilines is 1. The van der Waals surface area contributed by atoms with Gasteiger partial charge in [-0.1, -0.05) is 60.3 Å². The number of aromatic nitrogens is 2. The molecule has 0 fully saturated rings. The quantitative estimate of drug-likeness (QED) is 0.375. The molecule has 2 heterocycles. The Bertz CT molecular complexity index is 1360. The standard InChI is InChI=1S/C24H19N3O2S/c1-27-20(16-7-3-2-4-8-16)14-25-24(27)30-15-23(28)26-17-11-12-19-18-9-5-6-10-21(18)29-22(19)13-17/h2-14H,15H2,1H3,(H,26,28). The maximum atomic E-state index is 12.5. The molecule has 5 rings (SSSR count). The number of hydrogen-bond donors (Lipinski definition) is 1. The smallest absolute Gasteiger partial charge is 0.234 e. The van der Waals surface area contributed by atoms with E-state index in [1.807, 2.05) is 90.6 Å². The van der Waals surface area contributed by atoms with Gasteiger partial charge in [0.05, 0.1) is 17.6 Å². The Hall–Kier alpha value is -3.51. The maximum Gasteiger partial charge on any atom is 0.234 e. The third-order valence-corrected chi connectivity index (χ3v) is 6.05. The molecular formula is C24H19N3O2S. The fourth-order valence-corrected chi connectivity index (χ4v) is 4.29. The van der Waals surface area contributed by atoms with Crippen molar-refractivity contribution in [3.63, 3.8) is 0 Å². The number of para-hydroxylation sites is 1. The van der Waals surface area contributed by atoms with Crippen LogP contribution in [0, 0.1) is 0 Å². The average molecular weight is 414 g/mol. The van der Waals surface area contributed by atoms with Crippen LogP contribution in [0.5, 0.6) is 0 Å². The van der Waals surface area contributed by atoms with E-state index in [4.69, 9.17) is 4.42 Å². The first-order chi connectivity index (χ1) is 14.7. The largest absolute Gasteiger partial charge is 0.456 e. The second-order valence-corrected chi connectivity index (χ2v) is 7.94. The number of nitrogens with zero attached hydrogens (tertiary/aromatic N) is 2. The minimum Gasteiger partial charge on any atom is -0.456 e. The molecule has 6 heteroatoms. The molecule has 0 aliphatic carbocycles. The summed E-state index contributed by atoms with van der Waals surface area (Å²) in [6, 6.07) is 23.8. The van der Waals surface area contributed by atoms with E-state index >= 15 is 0 Å². The summed E-state index contributed by atoms with van der Waals surface area (Å²) in [4.78, 5) is 16.9. The Kier molecular flexibility index (Phi) is 4.77. The van der Waals surface area contributed by atoms with Gasteiger partial charge in [0.25, 0.3) is 0 Å². The van der Waals surface area contributed by atoms with E-state index in [0.717, 1.165) is 44.0 Å². The van der Waals surface area contributed by atoms with Gasteiger partial charge in [-0.2, -0.15) is 0 Å². The molecule has 2 aromatic heterocycles. The molecule has 1 N–H and O–H groups in total. The molecule has 0 saturated carbocycles. The van der Waals surface area contributed by atoms with Crippen molar-refractivity contribution in [2.24, 2.45) is 7.05 Å². The molecule has 1 amide bonds. The lowest BCUT2D eigenvalue weighted by Gasteiger charge is -2.07. The molecule has 0 bridgehead atoms. The number of nitrogens with one attached hydrogen (secondary N) is 1. The van der Waals surface area contributed by atoms with Crippen molar-refractivity contribution in [2.45, 2.75) is 5.16 Å². The number of benzene rings is 3. The molecule has 0 aliphatic heterocycles. The Balaban J connectivity index is 1.28. The van der Waals surface area contributed by atoms with E-state index in [2.05, 4.69) is 10.3 Å². The molecule has 0 unspecified atom stereocenters. The molecule has 0 saturated heterocycles. The Morgan fingerprint density at radius 1 is 1.00 bits per heavy atom. The van der Waals surface area contributed by atoms with Crippen LogP contribution in [-0.2, 0) is 11.8 Å². The molecule has 0 radical (unpaired) electrons. The van der Waals surface area contributed by atoms with Gasteiger partial charge in [-0.15, -0.1) is 0 Å². The third-order valence-electron chi connectivity index (χ3n) is 5.01. The van der Waals surface area contributed by atoms with Crippen molar-refractivity contribution >= 4 is 45.3 Å². The van der Waals surface area contributed by atoms with E-state index < -0.39 is 0 Å². The first-order valence-electron chi connectivity index (χ1n) is 9.60. The van der Waals surface area contributed by atoms with Crippen LogP contribution in [-0.4, -0.2) is 21.2 Å². The zero-order valence-corrected chi connectivity index (χ0v) is 17.1. The molecule has 148 valence electrons. The van der Waals surface area contributed by atoms with Crippen LogP contribution in [0.25, 0.3) is 33.2 Å². The van der Waals surface area contributed by atoms with Crippen LogP contribution in [0.2, 0.25) is 0 Å². The summed E-state index contributed by atoms with van der Waals surface area (Å²) in [5.41, 5.74) is 4.45. The lowest BCUT2D eigenvalue weighted by molar-refractivity contribution is -0.113. The molecular weight excluding hydrogens is 394 g/mol. The summed E-state index contributed by atoms with van der Waals surface area (Å²) in [5, 5.41) is 5.87. The minimum absolute atomic E-state index is 0.0836. The monoisotopic (exact) mass is 413 g/mol. The molecule has 30 heavy (non-hydrogen) atoms. The van der Waals surface area contributed by atoms with Gasteiger partial charge in [0, 0.05) is 29.6 Å². The summed E-state index contributed by atoms with van der Waals surface area (Å²) < 4.78 is 7.90. The van der Waals surface area contributed by atoms with E-state index in [9.17, 15) is 4.79 Å². The Morgan fingerprint density at radius 2 is 1.77 bits per heavy atom. The summed E-state index contributed by atoms with van der Waals surface area (Å²) in [6.07, 6.45) is 1.84. The van der Waals surface area contributed by atoms with Crippen molar-refractivity contribution in [3.05, 3.63) is 79.0 Å². The minimum atomic E-state index is -0.0836. The maximum absolute atomic E-state index is 12.5. The van der Waals surface area contributed by atoms with Crippen LogP contribution >= 0.6 is 11.8 Å². The highest BCUT2D eigenvalue weighted by Gasteiger charge is 2.12. The molecule has 0 aliphatic rings. The number of hydrogen-bond acceptors (Lipinski definition) is 4.